The van der Waals surface area contributed by atoms with E-state index in [-0.39, 0.29) is 11.9 Å². The Morgan fingerprint density at radius 3 is 2.42 bits per heavy atom. The van der Waals surface area contributed by atoms with Gasteiger partial charge in [-0.1, -0.05) is 51.1 Å². The molecule has 0 N–H and O–H groups in total. The Morgan fingerprint density at radius 2 is 1.84 bits per heavy atom. The van der Waals surface area contributed by atoms with Crippen LogP contribution in [0.1, 0.15) is 38.7 Å². The molecule has 0 heterocycles. The van der Waals surface area contributed by atoms with Crippen LogP contribution < -0.4 is 0 Å². The minimum atomic E-state index is -0.108. The standard InChI is InChI=1S/C16H25NO2/c1-4-17(5-2)11-12-19-16(18)13-14(3)15-9-7-6-8-10-15/h6-10,14H,4-5,11-13H2,1-3H3/t14-/m0/s1. The predicted octanol–water partition coefficient (Wildman–Crippen LogP) is 3.07. The third-order valence-corrected chi connectivity index (χ3v) is 3.41. The van der Waals surface area contributed by atoms with Gasteiger partial charge in [0, 0.05) is 6.54 Å². The van der Waals surface area contributed by atoms with Gasteiger partial charge in [0.15, 0.2) is 0 Å². The van der Waals surface area contributed by atoms with Crippen molar-refractivity contribution in [1.29, 1.82) is 0 Å². The number of nitrogens with zero attached hydrogens (tertiary/aromatic N) is 1. The normalized spacial score (nSPS) is 12.4. The van der Waals surface area contributed by atoms with Crippen LogP contribution in [0.5, 0.6) is 0 Å². The molecule has 0 fully saturated rings. The summed E-state index contributed by atoms with van der Waals surface area (Å²) < 4.78 is 5.29. The molecule has 0 saturated heterocycles. The van der Waals surface area contributed by atoms with Crippen molar-refractivity contribution in [3.63, 3.8) is 0 Å². The lowest BCUT2D eigenvalue weighted by molar-refractivity contribution is -0.144. The van der Waals surface area contributed by atoms with Crippen molar-refractivity contribution in [2.75, 3.05) is 26.2 Å². The zero-order valence-electron chi connectivity index (χ0n) is 12.3. The van der Waals surface area contributed by atoms with Crippen molar-refractivity contribution in [3.8, 4) is 0 Å². The number of carbonyl (C=O) groups is 1. The first kappa shape index (κ1) is 15.7. The summed E-state index contributed by atoms with van der Waals surface area (Å²) in [5.41, 5.74) is 1.18. The SMILES string of the molecule is CCN(CC)CCOC(=O)C[C@H](C)c1ccccc1. The van der Waals surface area contributed by atoms with Gasteiger partial charge >= 0.3 is 5.97 Å². The zero-order chi connectivity index (χ0) is 14.1. The lowest BCUT2D eigenvalue weighted by atomic mass is 9.98. The molecule has 0 aliphatic rings. The molecule has 0 unspecified atom stereocenters. The Bertz CT molecular complexity index is 360. The first-order valence-electron chi connectivity index (χ1n) is 7.10. The van der Waals surface area contributed by atoms with E-state index >= 15 is 0 Å². The van der Waals surface area contributed by atoms with Crippen LogP contribution in [0, 0.1) is 0 Å². The van der Waals surface area contributed by atoms with Gasteiger partial charge in [-0.3, -0.25) is 4.79 Å². The number of ether oxygens (including phenoxy) is 1. The largest absolute Gasteiger partial charge is 0.464 e. The molecule has 0 amide bonds. The number of esters is 1. The predicted molar refractivity (Wildman–Crippen MR) is 78.2 cm³/mol. The van der Waals surface area contributed by atoms with Gasteiger partial charge in [-0.05, 0) is 24.6 Å². The first-order valence-corrected chi connectivity index (χ1v) is 7.10. The van der Waals surface area contributed by atoms with Crippen molar-refractivity contribution in [3.05, 3.63) is 35.9 Å². The van der Waals surface area contributed by atoms with E-state index in [9.17, 15) is 4.79 Å². The van der Waals surface area contributed by atoms with E-state index in [0.29, 0.717) is 13.0 Å². The maximum Gasteiger partial charge on any atom is 0.306 e. The van der Waals surface area contributed by atoms with Gasteiger partial charge in [0.2, 0.25) is 0 Å². The highest BCUT2D eigenvalue weighted by molar-refractivity contribution is 5.70. The van der Waals surface area contributed by atoms with E-state index < -0.39 is 0 Å². The summed E-state index contributed by atoms with van der Waals surface area (Å²) in [6.45, 7) is 9.58. The minimum Gasteiger partial charge on any atom is -0.464 e. The van der Waals surface area contributed by atoms with Gasteiger partial charge in [-0.15, -0.1) is 0 Å². The van der Waals surface area contributed by atoms with Crippen LogP contribution >= 0.6 is 0 Å². The van der Waals surface area contributed by atoms with Crippen molar-refractivity contribution < 1.29 is 9.53 Å². The number of likely N-dealkylation sites (N-methyl/N-ethyl adjacent to an activating group) is 1. The minimum absolute atomic E-state index is 0.108. The molecule has 0 aliphatic heterocycles. The van der Waals surface area contributed by atoms with Gasteiger partial charge < -0.3 is 9.64 Å². The van der Waals surface area contributed by atoms with Crippen LogP contribution in [0.4, 0.5) is 0 Å². The van der Waals surface area contributed by atoms with Crippen molar-refractivity contribution in [2.45, 2.75) is 33.1 Å². The van der Waals surface area contributed by atoms with Crippen molar-refractivity contribution in [2.24, 2.45) is 0 Å². The molecule has 0 bridgehead atoms. The third-order valence-electron chi connectivity index (χ3n) is 3.41. The van der Waals surface area contributed by atoms with Crippen molar-refractivity contribution in [1.82, 2.24) is 4.90 Å². The molecule has 0 aromatic heterocycles. The average Bonchev–Trinajstić information content (AvgIpc) is 2.44. The average molecular weight is 263 g/mol. The summed E-state index contributed by atoms with van der Waals surface area (Å²) in [7, 11) is 0. The van der Waals surface area contributed by atoms with Crippen LogP contribution in [0.2, 0.25) is 0 Å². The quantitative estimate of drug-likeness (QED) is 0.675. The molecule has 1 rings (SSSR count). The van der Waals surface area contributed by atoms with E-state index in [1.165, 1.54) is 5.56 Å². The van der Waals surface area contributed by atoms with Gasteiger partial charge in [-0.2, -0.15) is 0 Å². The molecule has 0 aliphatic carbocycles. The van der Waals surface area contributed by atoms with Crippen LogP contribution in [0.3, 0.4) is 0 Å². The maximum atomic E-state index is 11.7. The summed E-state index contributed by atoms with van der Waals surface area (Å²) >= 11 is 0. The molecule has 0 saturated carbocycles. The fourth-order valence-electron chi connectivity index (χ4n) is 2.04. The molecular weight excluding hydrogens is 238 g/mol. The molecular formula is C16H25NO2. The fourth-order valence-corrected chi connectivity index (χ4v) is 2.04. The number of carbonyl (C=O) groups excluding carboxylic acids is 1. The third kappa shape index (κ3) is 5.88. The Hall–Kier alpha value is -1.35. The van der Waals surface area contributed by atoms with Gasteiger partial charge in [0.05, 0.1) is 6.42 Å². The smallest absolute Gasteiger partial charge is 0.306 e. The van der Waals surface area contributed by atoms with Gasteiger partial charge in [0.25, 0.3) is 0 Å². The highest BCUT2D eigenvalue weighted by atomic mass is 16.5. The number of hydrogen-bond donors (Lipinski definition) is 0. The second-order valence-corrected chi connectivity index (χ2v) is 4.76. The summed E-state index contributed by atoms with van der Waals surface area (Å²) in [6.07, 6.45) is 0.447. The van der Waals surface area contributed by atoms with Gasteiger partial charge in [0.1, 0.15) is 6.61 Å². The molecule has 106 valence electrons. The van der Waals surface area contributed by atoms with Crippen molar-refractivity contribution >= 4 is 5.97 Å². The van der Waals surface area contributed by atoms with Crippen LogP contribution in [-0.4, -0.2) is 37.1 Å². The van der Waals surface area contributed by atoms with Crippen LogP contribution in [0.15, 0.2) is 30.3 Å². The summed E-state index contributed by atoms with van der Waals surface area (Å²) in [4.78, 5) is 14.0. The van der Waals surface area contributed by atoms with E-state index in [2.05, 4.69) is 25.7 Å². The van der Waals surface area contributed by atoms with Gasteiger partial charge in [-0.25, -0.2) is 0 Å². The molecule has 1 aromatic carbocycles. The molecule has 0 spiro atoms. The molecule has 0 radical (unpaired) electrons. The Labute approximate surface area is 116 Å². The van der Waals surface area contributed by atoms with E-state index in [0.717, 1.165) is 19.6 Å². The monoisotopic (exact) mass is 263 g/mol. The van der Waals surface area contributed by atoms with E-state index in [1.54, 1.807) is 0 Å². The highest BCUT2D eigenvalue weighted by Crippen LogP contribution is 2.18. The molecule has 19 heavy (non-hydrogen) atoms. The highest BCUT2D eigenvalue weighted by Gasteiger charge is 2.12. The molecule has 1 atom stereocenters. The topological polar surface area (TPSA) is 29.5 Å². The van der Waals surface area contributed by atoms with E-state index in [4.69, 9.17) is 4.74 Å². The number of rotatable bonds is 8. The fraction of sp³-hybridized carbons (Fsp3) is 0.562. The summed E-state index contributed by atoms with van der Waals surface area (Å²) in [5, 5.41) is 0. The lowest BCUT2D eigenvalue weighted by Crippen LogP contribution is -2.28. The second-order valence-electron chi connectivity index (χ2n) is 4.76. The summed E-state index contributed by atoms with van der Waals surface area (Å²) in [6, 6.07) is 10.1. The number of benzene rings is 1. The zero-order valence-corrected chi connectivity index (χ0v) is 12.3. The second kappa shape index (κ2) is 8.70. The Kier molecular flexibility index (Phi) is 7.19. The van der Waals surface area contributed by atoms with Crippen LogP contribution in [-0.2, 0) is 9.53 Å². The maximum absolute atomic E-state index is 11.7. The molecule has 3 heteroatoms. The molecule has 1 aromatic rings. The summed E-state index contributed by atoms with van der Waals surface area (Å²) in [5.74, 6) is 0.102. The van der Waals surface area contributed by atoms with E-state index in [1.807, 2.05) is 30.3 Å². The molecule has 3 nitrogen and oxygen atoms in total. The lowest BCUT2D eigenvalue weighted by Gasteiger charge is -2.18. The first-order chi connectivity index (χ1) is 9.17. The number of hydrogen-bond acceptors (Lipinski definition) is 3. The van der Waals surface area contributed by atoms with Crippen LogP contribution in [0.25, 0.3) is 0 Å². The Morgan fingerprint density at radius 1 is 1.21 bits per heavy atom. The Balaban J connectivity index is 2.28.